The molecule has 0 aliphatic rings. The van der Waals surface area contributed by atoms with Gasteiger partial charge in [0.05, 0.1) is 0 Å². The first-order valence-corrected chi connectivity index (χ1v) is 7.53. The fourth-order valence-electron chi connectivity index (χ4n) is 2.23. The van der Waals surface area contributed by atoms with E-state index in [1.165, 1.54) is 16.8 Å². The first-order chi connectivity index (χ1) is 9.70. The van der Waals surface area contributed by atoms with Crippen LogP contribution < -0.4 is 10.2 Å². The molecule has 4 heteroatoms. The number of rotatable bonds is 6. The van der Waals surface area contributed by atoms with Gasteiger partial charge in [-0.1, -0.05) is 15.9 Å². The van der Waals surface area contributed by atoms with Crippen LogP contribution in [0.25, 0.3) is 0 Å². The Hall–Kier alpha value is -1.39. The normalized spacial score (nSPS) is 10.6. The van der Waals surface area contributed by atoms with E-state index in [4.69, 9.17) is 0 Å². The minimum atomic E-state index is 0.869. The van der Waals surface area contributed by atoms with Gasteiger partial charge in [0.2, 0.25) is 0 Å². The fraction of sp³-hybridized carbons (Fsp3) is 0.312. The summed E-state index contributed by atoms with van der Waals surface area (Å²) in [4.78, 5) is 6.36. The summed E-state index contributed by atoms with van der Waals surface area (Å²) in [6.45, 7) is 1.86. The molecular weight excluding hydrogens is 314 g/mol. The van der Waals surface area contributed by atoms with Crippen LogP contribution in [0, 0.1) is 0 Å². The lowest BCUT2D eigenvalue weighted by Gasteiger charge is -2.23. The second-order valence-corrected chi connectivity index (χ2v) is 5.75. The molecule has 1 aromatic heterocycles. The van der Waals surface area contributed by atoms with E-state index in [0.29, 0.717) is 0 Å². The van der Waals surface area contributed by atoms with Crippen LogP contribution in [0.15, 0.2) is 47.2 Å². The Bertz CT molecular complexity index is 543. The summed E-state index contributed by atoms with van der Waals surface area (Å²) in [7, 11) is 4.12. The Kier molecular flexibility index (Phi) is 5.56. The van der Waals surface area contributed by atoms with Crippen molar-refractivity contribution in [1.82, 2.24) is 10.3 Å². The molecule has 1 aromatic carbocycles. The molecule has 0 aliphatic heterocycles. The number of hydrogen-bond acceptors (Lipinski definition) is 3. The van der Waals surface area contributed by atoms with Crippen LogP contribution in [0.3, 0.4) is 0 Å². The van der Waals surface area contributed by atoms with Crippen molar-refractivity contribution >= 4 is 21.6 Å². The van der Waals surface area contributed by atoms with Crippen molar-refractivity contribution in [3.63, 3.8) is 0 Å². The Balaban J connectivity index is 2.06. The SMILES string of the molecule is CNCc1cc(Br)ccc1N(C)CCc1ccncc1. The van der Waals surface area contributed by atoms with Gasteiger partial charge < -0.3 is 10.2 Å². The van der Waals surface area contributed by atoms with Gasteiger partial charge in [-0.2, -0.15) is 0 Å². The molecular formula is C16H20BrN3. The van der Waals surface area contributed by atoms with Crippen molar-refractivity contribution in [2.24, 2.45) is 0 Å². The largest absolute Gasteiger partial charge is 0.374 e. The molecule has 2 aromatic rings. The Morgan fingerprint density at radius 2 is 1.95 bits per heavy atom. The summed E-state index contributed by atoms with van der Waals surface area (Å²) in [6.07, 6.45) is 4.72. The molecule has 2 rings (SSSR count). The zero-order chi connectivity index (χ0) is 14.4. The Labute approximate surface area is 129 Å². The summed E-state index contributed by atoms with van der Waals surface area (Å²) in [5.74, 6) is 0. The standard InChI is InChI=1S/C16H20BrN3/c1-18-12-14-11-15(17)3-4-16(14)20(2)10-7-13-5-8-19-9-6-13/h3-6,8-9,11,18H,7,10,12H2,1-2H3. The van der Waals surface area contributed by atoms with E-state index in [0.717, 1.165) is 24.0 Å². The van der Waals surface area contributed by atoms with Crippen LogP contribution in [-0.4, -0.2) is 25.6 Å². The number of halogens is 1. The van der Waals surface area contributed by atoms with Crippen molar-refractivity contribution < 1.29 is 0 Å². The van der Waals surface area contributed by atoms with E-state index < -0.39 is 0 Å². The highest BCUT2D eigenvalue weighted by Crippen LogP contribution is 2.24. The van der Waals surface area contributed by atoms with E-state index in [-0.39, 0.29) is 0 Å². The zero-order valence-corrected chi connectivity index (χ0v) is 13.5. The van der Waals surface area contributed by atoms with Crippen molar-refractivity contribution in [3.8, 4) is 0 Å². The van der Waals surface area contributed by atoms with Gasteiger partial charge in [0.1, 0.15) is 0 Å². The highest BCUT2D eigenvalue weighted by molar-refractivity contribution is 9.10. The van der Waals surface area contributed by atoms with Gasteiger partial charge in [0, 0.05) is 42.7 Å². The van der Waals surface area contributed by atoms with Gasteiger partial charge in [-0.15, -0.1) is 0 Å². The molecule has 0 fully saturated rings. The maximum Gasteiger partial charge on any atom is 0.0410 e. The maximum atomic E-state index is 4.05. The van der Waals surface area contributed by atoms with Crippen LogP contribution in [-0.2, 0) is 13.0 Å². The molecule has 0 radical (unpaired) electrons. The first-order valence-electron chi connectivity index (χ1n) is 6.74. The summed E-state index contributed by atoms with van der Waals surface area (Å²) in [5.41, 5.74) is 3.90. The average molecular weight is 334 g/mol. The molecule has 1 N–H and O–H groups in total. The fourth-order valence-corrected chi connectivity index (χ4v) is 2.63. The molecule has 20 heavy (non-hydrogen) atoms. The molecule has 3 nitrogen and oxygen atoms in total. The van der Waals surface area contributed by atoms with Crippen molar-refractivity contribution in [3.05, 3.63) is 58.3 Å². The quantitative estimate of drug-likeness (QED) is 0.879. The zero-order valence-electron chi connectivity index (χ0n) is 11.9. The summed E-state index contributed by atoms with van der Waals surface area (Å²) in [6, 6.07) is 10.6. The molecule has 0 amide bonds. The molecule has 0 spiro atoms. The third-order valence-electron chi connectivity index (χ3n) is 3.31. The van der Waals surface area contributed by atoms with E-state index in [1.54, 1.807) is 0 Å². The minimum absolute atomic E-state index is 0.869. The summed E-state index contributed by atoms with van der Waals surface area (Å²) < 4.78 is 1.12. The molecule has 0 aliphatic carbocycles. The summed E-state index contributed by atoms with van der Waals surface area (Å²) in [5, 5.41) is 3.22. The number of nitrogens with zero attached hydrogens (tertiary/aromatic N) is 2. The van der Waals surface area contributed by atoms with Gasteiger partial charge in [-0.05, 0) is 54.9 Å². The second-order valence-electron chi connectivity index (χ2n) is 4.83. The number of anilines is 1. The van der Waals surface area contributed by atoms with Crippen LogP contribution in [0.1, 0.15) is 11.1 Å². The van der Waals surface area contributed by atoms with Crippen LogP contribution >= 0.6 is 15.9 Å². The van der Waals surface area contributed by atoms with Crippen molar-refractivity contribution in [1.29, 1.82) is 0 Å². The van der Waals surface area contributed by atoms with E-state index in [2.05, 4.69) is 68.5 Å². The third kappa shape index (κ3) is 4.05. The van der Waals surface area contributed by atoms with Gasteiger partial charge in [-0.3, -0.25) is 4.98 Å². The molecule has 106 valence electrons. The molecule has 0 unspecified atom stereocenters. The number of benzene rings is 1. The smallest absolute Gasteiger partial charge is 0.0410 e. The number of nitrogens with one attached hydrogen (secondary N) is 1. The van der Waals surface area contributed by atoms with E-state index >= 15 is 0 Å². The lowest BCUT2D eigenvalue weighted by Crippen LogP contribution is -2.22. The van der Waals surface area contributed by atoms with Crippen molar-refractivity contribution in [2.75, 3.05) is 25.5 Å². The highest BCUT2D eigenvalue weighted by atomic mass is 79.9. The lowest BCUT2D eigenvalue weighted by molar-refractivity contribution is 0.801. The topological polar surface area (TPSA) is 28.2 Å². The van der Waals surface area contributed by atoms with Gasteiger partial charge in [-0.25, -0.2) is 0 Å². The number of aromatic nitrogens is 1. The monoisotopic (exact) mass is 333 g/mol. The molecule has 0 saturated heterocycles. The predicted octanol–water partition coefficient (Wildman–Crippen LogP) is 3.24. The van der Waals surface area contributed by atoms with Gasteiger partial charge >= 0.3 is 0 Å². The average Bonchev–Trinajstić information content (AvgIpc) is 2.46. The highest BCUT2D eigenvalue weighted by Gasteiger charge is 2.07. The van der Waals surface area contributed by atoms with Crippen LogP contribution in [0.4, 0.5) is 5.69 Å². The van der Waals surface area contributed by atoms with Gasteiger partial charge in [0.15, 0.2) is 0 Å². The number of hydrogen-bond donors (Lipinski definition) is 1. The lowest BCUT2D eigenvalue weighted by atomic mass is 10.1. The molecule has 0 saturated carbocycles. The number of pyridine rings is 1. The minimum Gasteiger partial charge on any atom is -0.374 e. The molecule has 1 heterocycles. The Morgan fingerprint density at radius 3 is 2.65 bits per heavy atom. The second kappa shape index (κ2) is 7.41. The predicted molar refractivity (Wildman–Crippen MR) is 88.1 cm³/mol. The Morgan fingerprint density at radius 1 is 1.20 bits per heavy atom. The van der Waals surface area contributed by atoms with Gasteiger partial charge in [0.25, 0.3) is 0 Å². The van der Waals surface area contributed by atoms with Crippen LogP contribution in [0.5, 0.6) is 0 Å². The summed E-state index contributed by atoms with van der Waals surface area (Å²) >= 11 is 3.54. The molecule has 0 bridgehead atoms. The first kappa shape index (κ1) is 15.0. The third-order valence-corrected chi connectivity index (χ3v) is 3.80. The number of likely N-dealkylation sites (N-methyl/N-ethyl adjacent to an activating group) is 1. The maximum absolute atomic E-state index is 4.05. The molecule has 0 atom stereocenters. The van der Waals surface area contributed by atoms with E-state index in [1.807, 2.05) is 19.4 Å². The van der Waals surface area contributed by atoms with Crippen molar-refractivity contribution in [2.45, 2.75) is 13.0 Å². The van der Waals surface area contributed by atoms with Crippen LogP contribution in [0.2, 0.25) is 0 Å². The van der Waals surface area contributed by atoms with E-state index in [9.17, 15) is 0 Å².